The Morgan fingerprint density at radius 3 is 2.64 bits per heavy atom. The van der Waals surface area contributed by atoms with E-state index in [1.54, 1.807) is 13.0 Å². The summed E-state index contributed by atoms with van der Waals surface area (Å²) in [7, 11) is -4.03. The van der Waals surface area contributed by atoms with E-state index in [9.17, 15) is 13.2 Å². The van der Waals surface area contributed by atoms with Crippen LogP contribution in [-0.4, -0.2) is 50.0 Å². The van der Waals surface area contributed by atoms with Gasteiger partial charge in [0, 0.05) is 25.1 Å². The highest BCUT2D eigenvalue weighted by molar-refractivity contribution is 7.90. The highest BCUT2D eigenvalue weighted by atomic mass is 32.2. The molecule has 220 valence electrons. The number of benzene rings is 3. The van der Waals surface area contributed by atoms with Gasteiger partial charge in [-0.15, -0.1) is 0 Å². The van der Waals surface area contributed by atoms with Crippen molar-refractivity contribution in [2.75, 3.05) is 30.6 Å². The summed E-state index contributed by atoms with van der Waals surface area (Å²) in [6, 6.07) is 24.4. The lowest BCUT2D eigenvalue weighted by Gasteiger charge is -2.34. The van der Waals surface area contributed by atoms with Crippen LogP contribution in [0.4, 0.5) is 5.69 Å². The summed E-state index contributed by atoms with van der Waals surface area (Å²) in [5.41, 5.74) is 4.04. The van der Waals surface area contributed by atoms with E-state index < -0.39 is 22.7 Å². The zero-order chi connectivity index (χ0) is 29.5. The second-order valence-corrected chi connectivity index (χ2v) is 11.9. The molecule has 0 fully saturated rings. The molecule has 0 saturated heterocycles. The lowest BCUT2D eigenvalue weighted by atomic mass is 10.0. The molecule has 9 nitrogen and oxygen atoms in total. The molecule has 0 amide bonds. The fourth-order valence-electron chi connectivity index (χ4n) is 5.01. The molecule has 0 radical (unpaired) electrons. The van der Waals surface area contributed by atoms with Crippen LogP contribution in [-0.2, 0) is 39.1 Å². The Balaban J connectivity index is 1.29. The number of fused-ring (bicyclic) bond motifs is 1. The number of nitrogens with zero attached hydrogens (tertiary/aromatic N) is 3. The molecule has 5 rings (SSSR count). The summed E-state index contributed by atoms with van der Waals surface area (Å²) < 4.78 is 47.4. The zero-order valence-electron chi connectivity index (χ0n) is 23.9. The summed E-state index contributed by atoms with van der Waals surface area (Å²) in [6.07, 6.45) is 2.05. The maximum Gasteiger partial charge on any atom is 0.321 e. The van der Waals surface area contributed by atoms with Crippen LogP contribution in [0.5, 0.6) is 5.75 Å². The molecule has 4 aromatic rings. The van der Waals surface area contributed by atoms with Crippen molar-refractivity contribution in [1.29, 1.82) is 0 Å². The molecular formula is C32H35N3O6S. The molecule has 0 N–H and O–H groups in total. The highest BCUT2D eigenvalue weighted by Crippen LogP contribution is 2.31. The Bertz CT molecular complexity index is 1620. The molecule has 1 aliphatic rings. The van der Waals surface area contributed by atoms with Crippen molar-refractivity contribution in [3.8, 4) is 17.2 Å². The van der Waals surface area contributed by atoms with E-state index in [0.29, 0.717) is 48.9 Å². The van der Waals surface area contributed by atoms with Gasteiger partial charge in [-0.25, -0.2) is 4.98 Å². The first-order valence-electron chi connectivity index (χ1n) is 14.1. The maximum atomic E-state index is 13.9. The normalized spacial score (nSPS) is 13.2. The van der Waals surface area contributed by atoms with E-state index in [4.69, 9.17) is 13.9 Å². The second kappa shape index (κ2) is 13.2. The smallest absolute Gasteiger partial charge is 0.321 e. The number of hydrogen-bond donors (Lipinski definition) is 0. The summed E-state index contributed by atoms with van der Waals surface area (Å²) >= 11 is 0. The van der Waals surface area contributed by atoms with E-state index in [2.05, 4.69) is 4.98 Å². The average molecular weight is 590 g/mol. The first kappa shape index (κ1) is 29.3. The van der Waals surface area contributed by atoms with Crippen molar-refractivity contribution in [1.82, 2.24) is 9.29 Å². The number of aromatic nitrogens is 1. The molecule has 2 heterocycles. The standard InChI is InChI=1S/C32H35N3O6S/c1-3-39-31(36)23-34(42(37,38)35-19-10-15-26-12-7-8-17-30(26)35)22-25-11-9-16-28(21-25)40-20-18-29-24(2)41-32(33-29)27-13-5-4-6-14-27/h4-9,11-14,16-17,21H,3,10,15,18-20,22-23H2,1-2H3. The number of carbonyl (C=O) groups is 1. The van der Waals surface area contributed by atoms with Crippen molar-refractivity contribution in [3.05, 3.63) is 101 Å². The molecule has 0 saturated carbocycles. The average Bonchev–Trinajstić information content (AvgIpc) is 3.37. The SMILES string of the molecule is CCOC(=O)CN(Cc1cccc(OCCc2nc(-c3ccccc3)oc2C)c1)S(=O)(=O)N1CCCc2ccccc21. The number of carbonyl (C=O) groups excluding carboxylic acids is 1. The fraction of sp³-hybridized carbons (Fsp3) is 0.312. The third-order valence-corrected chi connectivity index (χ3v) is 8.91. The minimum absolute atomic E-state index is 0.0140. The third-order valence-electron chi connectivity index (χ3n) is 7.06. The van der Waals surface area contributed by atoms with Crippen molar-refractivity contribution in [2.45, 2.75) is 39.7 Å². The summed E-state index contributed by atoms with van der Waals surface area (Å²) in [6.45, 7) is 4.04. The predicted octanol–water partition coefficient (Wildman–Crippen LogP) is 5.33. The molecule has 0 unspecified atom stereocenters. The lowest BCUT2D eigenvalue weighted by molar-refractivity contribution is -0.143. The van der Waals surface area contributed by atoms with Gasteiger partial charge in [0.2, 0.25) is 5.89 Å². The molecule has 3 aromatic carbocycles. The number of oxazole rings is 1. The monoisotopic (exact) mass is 589 g/mol. The second-order valence-electron chi connectivity index (χ2n) is 10.0. The van der Waals surface area contributed by atoms with E-state index in [1.165, 1.54) is 8.61 Å². The molecule has 10 heteroatoms. The number of anilines is 1. The highest BCUT2D eigenvalue weighted by Gasteiger charge is 2.34. The van der Waals surface area contributed by atoms with Crippen LogP contribution in [0.25, 0.3) is 11.5 Å². The van der Waals surface area contributed by atoms with Crippen LogP contribution in [0.3, 0.4) is 0 Å². The summed E-state index contributed by atoms with van der Waals surface area (Å²) in [5, 5.41) is 0. The van der Waals surface area contributed by atoms with Gasteiger partial charge in [-0.2, -0.15) is 12.7 Å². The van der Waals surface area contributed by atoms with Crippen LogP contribution in [0.1, 0.15) is 35.9 Å². The number of ether oxygens (including phenoxy) is 2. The Morgan fingerprint density at radius 1 is 1.05 bits per heavy atom. The number of rotatable bonds is 12. The van der Waals surface area contributed by atoms with Crippen molar-refractivity contribution in [2.24, 2.45) is 0 Å². The minimum atomic E-state index is -4.03. The third kappa shape index (κ3) is 6.83. The molecule has 0 atom stereocenters. The Morgan fingerprint density at radius 2 is 1.83 bits per heavy atom. The quantitative estimate of drug-likeness (QED) is 0.206. The van der Waals surface area contributed by atoms with Gasteiger partial charge in [0.25, 0.3) is 0 Å². The van der Waals surface area contributed by atoms with Gasteiger partial charge < -0.3 is 13.9 Å². The minimum Gasteiger partial charge on any atom is -0.493 e. The van der Waals surface area contributed by atoms with Crippen LogP contribution < -0.4 is 9.04 Å². The topological polar surface area (TPSA) is 102 Å². The number of para-hydroxylation sites is 1. The van der Waals surface area contributed by atoms with Gasteiger partial charge in [0.15, 0.2) is 0 Å². The van der Waals surface area contributed by atoms with E-state index in [0.717, 1.165) is 29.0 Å². The number of esters is 1. The maximum absolute atomic E-state index is 13.9. The summed E-state index contributed by atoms with van der Waals surface area (Å²) in [5.74, 6) is 1.31. The molecule has 1 aromatic heterocycles. The molecule has 0 bridgehead atoms. The van der Waals surface area contributed by atoms with Gasteiger partial charge in [-0.3, -0.25) is 9.10 Å². The van der Waals surface area contributed by atoms with E-state index >= 15 is 0 Å². The molecular weight excluding hydrogens is 554 g/mol. The van der Waals surface area contributed by atoms with Crippen LogP contribution in [0.15, 0.2) is 83.3 Å². The Kier molecular flexibility index (Phi) is 9.24. The van der Waals surface area contributed by atoms with Crippen molar-refractivity contribution in [3.63, 3.8) is 0 Å². The number of hydrogen-bond acceptors (Lipinski definition) is 7. The van der Waals surface area contributed by atoms with Gasteiger partial charge >= 0.3 is 16.2 Å². The number of aryl methyl sites for hydroxylation is 2. The van der Waals surface area contributed by atoms with Crippen molar-refractivity contribution >= 4 is 21.9 Å². The van der Waals surface area contributed by atoms with Gasteiger partial charge in [0.05, 0.1) is 24.6 Å². The molecule has 0 aliphatic carbocycles. The molecule has 42 heavy (non-hydrogen) atoms. The van der Waals surface area contributed by atoms with Crippen LogP contribution in [0.2, 0.25) is 0 Å². The first-order valence-corrected chi connectivity index (χ1v) is 15.5. The van der Waals surface area contributed by atoms with Gasteiger partial charge in [-0.1, -0.05) is 48.5 Å². The molecule has 0 spiro atoms. The predicted molar refractivity (Wildman–Crippen MR) is 160 cm³/mol. The molecule has 1 aliphatic heterocycles. The fourth-order valence-corrected chi connectivity index (χ4v) is 6.66. The zero-order valence-corrected chi connectivity index (χ0v) is 24.7. The van der Waals surface area contributed by atoms with E-state index in [-0.39, 0.29) is 13.2 Å². The Labute approximate surface area is 246 Å². The largest absolute Gasteiger partial charge is 0.493 e. The first-order chi connectivity index (χ1) is 20.3. The van der Waals surface area contributed by atoms with Gasteiger partial charge in [-0.05, 0) is 68.1 Å². The van der Waals surface area contributed by atoms with Crippen LogP contribution >= 0.6 is 0 Å². The Hall–Kier alpha value is -4.15. The van der Waals surface area contributed by atoms with Crippen molar-refractivity contribution < 1.29 is 27.1 Å². The van der Waals surface area contributed by atoms with Gasteiger partial charge in [0.1, 0.15) is 18.1 Å². The summed E-state index contributed by atoms with van der Waals surface area (Å²) in [4.78, 5) is 17.1. The van der Waals surface area contributed by atoms with Crippen LogP contribution in [0, 0.1) is 6.92 Å². The van der Waals surface area contributed by atoms with E-state index in [1.807, 2.05) is 79.7 Å². The lowest BCUT2D eigenvalue weighted by Crippen LogP contribution is -2.47.